The summed E-state index contributed by atoms with van der Waals surface area (Å²) in [6.45, 7) is 1.88. The van der Waals surface area contributed by atoms with Crippen molar-refractivity contribution in [3.05, 3.63) is 0 Å². The van der Waals surface area contributed by atoms with Crippen LogP contribution in [0.25, 0.3) is 0 Å². The van der Waals surface area contributed by atoms with Crippen LogP contribution in [0.15, 0.2) is 0 Å². The minimum Gasteiger partial charge on any atom is -0.369 e. The monoisotopic (exact) mass is 174 g/mol. The maximum atomic E-state index is 10.7. The Hall–Kier alpha value is -1.10. The van der Waals surface area contributed by atoms with Gasteiger partial charge in [0.1, 0.15) is 0 Å². The van der Waals surface area contributed by atoms with Gasteiger partial charge in [-0.1, -0.05) is 13.3 Å². The van der Waals surface area contributed by atoms with Crippen molar-refractivity contribution in [2.45, 2.75) is 19.8 Å². The van der Waals surface area contributed by atoms with E-state index in [0.717, 1.165) is 6.42 Å². The summed E-state index contributed by atoms with van der Waals surface area (Å²) in [5, 5.41) is 9.20. The molecule has 0 aliphatic heterocycles. The molecule has 0 heterocycles. The maximum Gasteiger partial charge on any atom is 0.233 e. The van der Waals surface area contributed by atoms with E-state index in [0.29, 0.717) is 11.5 Å². The summed E-state index contributed by atoms with van der Waals surface area (Å²) >= 11 is 0. The maximum absolute atomic E-state index is 10.7. The van der Waals surface area contributed by atoms with E-state index in [2.05, 4.69) is 0 Å². The van der Waals surface area contributed by atoms with E-state index in [1.165, 1.54) is 0 Å². The topological polar surface area (TPSA) is 83.6 Å². The minimum absolute atomic E-state index is 0.0212. The first-order chi connectivity index (χ1) is 5.61. The highest BCUT2D eigenvalue weighted by Gasteiger charge is 2.16. The van der Waals surface area contributed by atoms with E-state index in [9.17, 15) is 9.59 Å². The third-order valence-electron chi connectivity index (χ3n) is 1.57. The lowest BCUT2D eigenvalue weighted by Gasteiger charge is -2.15. The fourth-order valence-electron chi connectivity index (χ4n) is 0.941. The zero-order chi connectivity index (χ0) is 9.56. The van der Waals surface area contributed by atoms with Gasteiger partial charge < -0.3 is 5.73 Å². The molecule has 0 spiro atoms. The molecule has 5 heteroatoms. The van der Waals surface area contributed by atoms with Crippen molar-refractivity contribution in [2.75, 3.05) is 6.54 Å². The van der Waals surface area contributed by atoms with Gasteiger partial charge in [-0.15, -0.1) is 0 Å². The highest BCUT2D eigenvalue weighted by atomic mass is 16.5. The fourth-order valence-corrected chi connectivity index (χ4v) is 0.941. The first-order valence-corrected chi connectivity index (χ1v) is 3.82. The van der Waals surface area contributed by atoms with E-state index in [1.54, 1.807) is 0 Å². The van der Waals surface area contributed by atoms with E-state index in [4.69, 9.17) is 10.9 Å². The molecule has 0 bridgehead atoms. The standard InChI is InChI=1S/C7H14N2O3/c1-2-3-6(7(8)11)4-9(12)5-10/h5-6,12H,2-4H2,1H3,(H2,8,11). The van der Waals surface area contributed by atoms with Gasteiger partial charge >= 0.3 is 0 Å². The molecule has 0 aromatic carbocycles. The molecule has 1 atom stereocenters. The Morgan fingerprint density at radius 2 is 2.33 bits per heavy atom. The molecule has 0 aliphatic rings. The van der Waals surface area contributed by atoms with E-state index >= 15 is 0 Å². The second-order valence-corrected chi connectivity index (χ2v) is 2.62. The Morgan fingerprint density at radius 1 is 1.75 bits per heavy atom. The first kappa shape index (κ1) is 10.9. The lowest BCUT2D eigenvalue weighted by atomic mass is 10.0. The van der Waals surface area contributed by atoms with Crippen molar-refractivity contribution in [1.29, 1.82) is 0 Å². The van der Waals surface area contributed by atoms with Gasteiger partial charge in [0, 0.05) is 0 Å². The van der Waals surface area contributed by atoms with Crippen LogP contribution in [0.2, 0.25) is 0 Å². The average Bonchev–Trinajstić information content (AvgIpc) is 2.03. The van der Waals surface area contributed by atoms with Crippen molar-refractivity contribution in [1.82, 2.24) is 5.06 Å². The third kappa shape index (κ3) is 3.92. The largest absolute Gasteiger partial charge is 0.369 e. The second-order valence-electron chi connectivity index (χ2n) is 2.62. The van der Waals surface area contributed by atoms with Crippen LogP contribution in [-0.2, 0) is 9.59 Å². The Labute approximate surface area is 71.1 Å². The molecule has 0 aliphatic carbocycles. The Bertz CT molecular complexity index is 161. The summed E-state index contributed by atoms with van der Waals surface area (Å²) in [6, 6.07) is 0. The van der Waals surface area contributed by atoms with Crippen LogP contribution in [0.3, 0.4) is 0 Å². The molecule has 0 aromatic rings. The zero-order valence-electron chi connectivity index (χ0n) is 7.06. The normalized spacial score (nSPS) is 12.2. The molecule has 2 amide bonds. The molecular weight excluding hydrogens is 160 g/mol. The Morgan fingerprint density at radius 3 is 2.67 bits per heavy atom. The van der Waals surface area contributed by atoms with Gasteiger partial charge in [-0.25, -0.2) is 5.06 Å². The van der Waals surface area contributed by atoms with Crippen LogP contribution >= 0.6 is 0 Å². The van der Waals surface area contributed by atoms with Crippen molar-refractivity contribution in [2.24, 2.45) is 11.7 Å². The third-order valence-corrected chi connectivity index (χ3v) is 1.57. The van der Waals surface area contributed by atoms with Gasteiger partial charge in [0.2, 0.25) is 12.3 Å². The van der Waals surface area contributed by atoms with E-state index in [1.807, 2.05) is 6.92 Å². The summed E-state index contributed by atoms with van der Waals surface area (Å²) in [6.07, 6.45) is 1.63. The number of hydroxylamine groups is 2. The number of nitrogens with two attached hydrogens (primary N) is 1. The van der Waals surface area contributed by atoms with E-state index < -0.39 is 11.8 Å². The molecule has 0 saturated carbocycles. The molecule has 12 heavy (non-hydrogen) atoms. The van der Waals surface area contributed by atoms with E-state index in [-0.39, 0.29) is 13.0 Å². The summed E-state index contributed by atoms with van der Waals surface area (Å²) in [5.74, 6) is -0.942. The summed E-state index contributed by atoms with van der Waals surface area (Å²) in [5.41, 5.74) is 5.03. The SMILES string of the molecule is CCCC(CN(O)C=O)C(N)=O. The first-order valence-electron chi connectivity index (χ1n) is 3.82. The van der Waals surface area contributed by atoms with Crippen LogP contribution in [-0.4, -0.2) is 29.1 Å². The number of rotatable bonds is 6. The van der Waals surface area contributed by atoms with Gasteiger partial charge in [-0.2, -0.15) is 0 Å². The number of amides is 2. The second kappa shape index (κ2) is 5.54. The van der Waals surface area contributed by atoms with Gasteiger partial charge in [0.15, 0.2) is 0 Å². The molecule has 5 nitrogen and oxygen atoms in total. The number of hydrogen-bond donors (Lipinski definition) is 2. The molecule has 1 unspecified atom stereocenters. The van der Waals surface area contributed by atoms with Crippen LogP contribution in [0, 0.1) is 5.92 Å². The number of carbonyl (C=O) groups excluding carboxylic acids is 2. The van der Waals surface area contributed by atoms with Crippen molar-refractivity contribution in [3.63, 3.8) is 0 Å². The molecular formula is C7H14N2O3. The summed E-state index contributed by atoms with van der Waals surface area (Å²) in [4.78, 5) is 20.7. The van der Waals surface area contributed by atoms with Crippen LogP contribution in [0.4, 0.5) is 0 Å². The summed E-state index contributed by atoms with van der Waals surface area (Å²) in [7, 11) is 0. The van der Waals surface area contributed by atoms with Gasteiger partial charge in [0.25, 0.3) is 0 Å². The smallest absolute Gasteiger partial charge is 0.233 e. The average molecular weight is 174 g/mol. The van der Waals surface area contributed by atoms with Crippen LogP contribution < -0.4 is 5.73 Å². The van der Waals surface area contributed by atoms with Gasteiger partial charge in [-0.3, -0.25) is 14.8 Å². The molecule has 70 valence electrons. The molecule has 0 fully saturated rings. The number of hydrogen-bond acceptors (Lipinski definition) is 3. The predicted molar refractivity (Wildman–Crippen MR) is 42.1 cm³/mol. The summed E-state index contributed by atoms with van der Waals surface area (Å²) < 4.78 is 0. The number of carbonyl (C=O) groups is 2. The highest BCUT2D eigenvalue weighted by molar-refractivity contribution is 5.77. The molecule has 0 aromatic heterocycles. The Kier molecular flexibility index (Phi) is 5.03. The molecule has 3 N–H and O–H groups in total. The minimum atomic E-state index is -0.488. The van der Waals surface area contributed by atoms with Crippen LogP contribution in [0.5, 0.6) is 0 Å². The quantitative estimate of drug-likeness (QED) is 0.330. The van der Waals surface area contributed by atoms with Crippen LogP contribution in [0.1, 0.15) is 19.8 Å². The van der Waals surface area contributed by atoms with Gasteiger partial charge in [-0.05, 0) is 6.42 Å². The fraction of sp³-hybridized carbons (Fsp3) is 0.714. The lowest BCUT2D eigenvalue weighted by molar-refractivity contribution is -0.154. The lowest BCUT2D eigenvalue weighted by Crippen LogP contribution is -2.33. The molecule has 0 radical (unpaired) electrons. The predicted octanol–water partition coefficient (Wildman–Crippen LogP) is -0.264. The van der Waals surface area contributed by atoms with Crippen molar-refractivity contribution < 1.29 is 14.8 Å². The Balaban J connectivity index is 3.94. The van der Waals surface area contributed by atoms with Gasteiger partial charge in [0.05, 0.1) is 12.5 Å². The van der Waals surface area contributed by atoms with Crippen molar-refractivity contribution >= 4 is 12.3 Å². The van der Waals surface area contributed by atoms with Crippen molar-refractivity contribution in [3.8, 4) is 0 Å². The number of nitrogens with zero attached hydrogens (tertiary/aromatic N) is 1. The molecule has 0 saturated heterocycles. The highest BCUT2D eigenvalue weighted by Crippen LogP contribution is 2.05. The number of primary amides is 1. The molecule has 0 rings (SSSR count). The zero-order valence-corrected chi connectivity index (χ0v) is 7.06.